The molecule has 5 rings (SSSR count). The molecule has 1 aliphatic carbocycles. The van der Waals surface area contributed by atoms with Gasteiger partial charge in [-0.15, -0.1) is 0 Å². The normalized spacial score (nSPS) is 17.9. The molecule has 3 aromatic rings. The summed E-state index contributed by atoms with van der Waals surface area (Å²) < 4.78 is 29.5. The van der Waals surface area contributed by atoms with Crippen LogP contribution in [0.15, 0.2) is 66.9 Å². The summed E-state index contributed by atoms with van der Waals surface area (Å²) in [6.45, 7) is 5.14. The van der Waals surface area contributed by atoms with Gasteiger partial charge in [-0.25, -0.2) is 8.78 Å². The molecule has 1 aliphatic heterocycles. The summed E-state index contributed by atoms with van der Waals surface area (Å²) >= 11 is 0. The fourth-order valence-electron chi connectivity index (χ4n) is 6.69. The zero-order valence-corrected chi connectivity index (χ0v) is 28.1. The lowest BCUT2D eigenvalue weighted by atomic mass is 9.81. The summed E-state index contributed by atoms with van der Waals surface area (Å²) in [6.07, 6.45) is 2.03. The van der Waals surface area contributed by atoms with Crippen molar-refractivity contribution in [3.8, 4) is 0 Å². The topological polar surface area (TPSA) is 120 Å². The molecule has 0 radical (unpaired) electrons. The highest BCUT2D eigenvalue weighted by molar-refractivity contribution is 6.00. The summed E-state index contributed by atoms with van der Waals surface area (Å²) in [6, 6.07) is 17.0. The Morgan fingerprint density at radius 3 is 2.24 bits per heavy atom. The molecule has 262 valence electrons. The Bertz CT molecular complexity index is 1570. The third-order valence-corrected chi connectivity index (χ3v) is 9.50. The van der Waals surface area contributed by atoms with Crippen LogP contribution in [0.5, 0.6) is 0 Å². The number of halogens is 2. The lowest BCUT2D eigenvalue weighted by molar-refractivity contribution is -0.138. The molecule has 2 atom stereocenters. The second kappa shape index (κ2) is 16.2. The maximum Gasteiger partial charge on any atom is 0.248 e. The predicted molar refractivity (Wildman–Crippen MR) is 182 cm³/mol. The second-order valence-corrected chi connectivity index (χ2v) is 12.9. The molecule has 2 fully saturated rings. The number of nitrogens with zero attached hydrogens (tertiary/aromatic N) is 5. The van der Waals surface area contributed by atoms with Crippen molar-refractivity contribution >= 4 is 35.6 Å². The van der Waals surface area contributed by atoms with Gasteiger partial charge in [-0.05, 0) is 42.0 Å². The Kier molecular flexibility index (Phi) is 11.8. The van der Waals surface area contributed by atoms with Gasteiger partial charge in [0.05, 0.1) is 6.20 Å². The summed E-state index contributed by atoms with van der Waals surface area (Å²) in [5.41, 5.74) is 2.45. The van der Waals surface area contributed by atoms with Crippen LogP contribution < -0.4 is 15.5 Å². The number of anilines is 2. The van der Waals surface area contributed by atoms with Gasteiger partial charge < -0.3 is 15.5 Å². The van der Waals surface area contributed by atoms with Crippen molar-refractivity contribution in [3.63, 3.8) is 0 Å². The summed E-state index contributed by atoms with van der Waals surface area (Å²) in [5.74, 6) is -3.74. The number of carbonyl (C=O) groups is 4. The zero-order valence-electron chi connectivity index (χ0n) is 28.1. The Hall–Kier alpha value is -4.65. The molecule has 11 nitrogen and oxygen atoms in total. The number of alkyl halides is 2. The minimum atomic E-state index is -2.79. The first-order chi connectivity index (χ1) is 23.6. The number of nitrogens with one attached hydrogen (secondary N) is 2. The van der Waals surface area contributed by atoms with Gasteiger partial charge >= 0.3 is 0 Å². The number of benzene rings is 2. The Balaban J connectivity index is 1.24. The lowest BCUT2D eigenvalue weighted by Crippen LogP contribution is -2.55. The minimum absolute atomic E-state index is 0.0905. The molecule has 1 saturated carbocycles. The molecule has 2 aliphatic rings. The van der Waals surface area contributed by atoms with E-state index in [0.29, 0.717) is 31.0 Å². The SMILES string of the molecule is CCC(=O)N[C@H](Cc1ccc(NC(=O)[C@H](C2CCC(F)(F)CC2)N(C=O)c2ccnn2C)cc1)C(=O)N1CCN(Cc2ccccc2)CC1. The van der Waals surface area contributed by atoms with E-state index in [4.69, 9.17) is 0 Å². The maximum absolute atomic E-state index is 14.0. The van der Waals surface area contributed by atoms with E-state index in [0.717, 1.165) is 25.2 Å². The molecule has 1 aromatic heterocycles. The van der Waals surface area contributed by atoms with Gasteiger partial charge in [0.1, 0.15) is 17.9 Å². The first kappa shape index (κ1) is 35.7. The van der Waals surface area contributed by atoms with E-state index in [1.165, 1.54) is 21.3 Å². The molecule has 0 spiro atoms. The van der Waals surface area contributed by atoms with Crippen molar-refractivity contribution in [3.05, 3.63) is 78.0 Å². The fourth-order valence-corrected chi connectivity index (χ4v) is 6.69. The van der Waals surface area contributed by atoms with E-state index in [2.05, 4.69) is 32.8 Å². The molecule has 2 heterocycles. The number of amides is 4. The molecule has 49 heavy (non-hydrogen) atoms. The van der Waals surface area contributed by atoms with Crippen molar-refractivity contribution in [2.75, 3.05) is 36.4 Å². The van der Waals surface area contributed by atoms with E-state index >= 15 is 0 Å². The summed E-state index contributed by atoms with van der Waals surface area (Å²) in [5, 5.41) is 9.86. The van der Waals surface area contributed by atoms with Crippen LogP contribution in [0.1, 0.15) is 50.2 Å². The average molecular weight is 678 g/mol. The number of rotatable bonds is 13. The van der Waals surface area contributed by atoms with Crippen molar-refractivity contribution < 1.29 is 28.0 Å². The molecule has 2 N–H and O–H groups in total. The number of aryl methyl sites for hydroxylation is 1. The number of hydrogen-bond acceptors (Lipinski definition) is 6. The number of hydrogen-bond donors (Lipinski definition) is 2. The maximum atomic E-state index is 14.0. The molecule has 13 heteroatoms. The van der Waals surface area contributed by atoms with Crippen LogP contribution >= 0.6 is 0 Å². The van der Waals surface area contributed by atoms with Crippen LogP contribution in [-0.4, -0.2) is 87.9 Å². The smallest absolute Gasteiger partial charge is 0.248 e. The van der Waals surface area contributed by atoms with E-state index in [9.17, 15) is 28.0 Å². The van der Waals surface area contributed by atoms with Gasteiger partial charge in [0.2, 0.25) is 30.1 Å². The van der Waals surface area contributed by atoms with E-state index in [1.807, 2.05) is 18.2 Å². The summed E-state index contributed by atoms with van der Waals surface area (Å²) in [4.78, 5) is 57.6. The van der Waals surface area contributed by atoms with Gasteiger partial charge in [-0.2, -0.15) is 5.10 Å². The largest absolute Gasteiger partial charge is 0.344 e. The van der Waals surface area contributed by atoms with Crippen LogP contribution in [0.3, 0.4) is 0 Å². The highest BCUT2D eigenvalue weighted by Gasteiger charge is 2.42. The van der Waals surface area contributed by atoms with Crippen molar-refractivity contribution in [2.45, 2.75) is 70.0 Å². The van der Waals surface area contributed by atoms with Crippen LogP contribution in [0.25, 0.3) is 0 Å². The van der Waals surface area contributed by atoms with Crippen molar-refractivity contribution in [1.82, 2.24) is 24.9 Å². The molecular weight excluding hydrogens is 632 g/mol. The van der Waals surface area contributed by atoms with Crippen LogP contribution in [0, 0.1) is 5.92 Å². The van der Waals surface area contributed by atoms with Gasteiger partial charge in [-0.1, -0.05) is 49.4 Å². The van der Waals surface area contributed by atoms with Gasteiger partial charge in [0.25, 0.3) is 0 Å². The van der Waals surface area contributed by atoms with E-state index in [1.54, 1.807) is 49.2 Å². The molecular formula is C36H45F2N7O4. The van der Waals surface area contributed by atoms with Gasteiger partial charge in [0, 0.05) is 77.2 Å². The Labute approximate surface area is 285 Å². The van der Waals surface area contributed by atoms with Gasteiger partial charge in [0.15, 0.2) is 0 Å². The van der Waals surface area contributed by atoms with Crippen LogP contribution in [-0.2, 0) is 39.2 Å². The highest BCUT2D eigenvalue weighted by Crippen LogP contribution is 2.39. The average Bonchev–Trinajstić information content (AvgIpc) is 3.53. The van der Waals surface area contributed by atoms with E-state index in [-0.39, 0.29) is 50.3 Å². The quantitative estimate of drug-likeness (QED) is 0.264. The lowest BCUT2D eigenvalue weighted by Gasteiger charge is -2.37. The molecule has 2 aromatic carbocycles. The Morgan fingerprint density at radius 1 is 0.980 bits per heavy atom. The van der Waals surface area contributed by atoms with E-state index < -0.39 is 29.8 Å². The molecule has 0 unspecified atom stereocenters. The Morgan fingerprint density at radius 2 is 1.65 bits per heavy atom. The second-order valence-electron chi connectivity index (χ2n) is 12.9. The monoisotopic (exact) mass is 677 g/mol. The third-order valence-electron chi connectivity index (χ3n) is 9.50. The number of piperazine rings is 1. The predicted octanol–water partition coefficient (Wildman–Crippen LogP) is 4.00. The molecule has 1 saturated heterocycles. The van der Waals surface area contributed by atoms with Crippen molar-refractivity contribution in [2.24, 2.45) is 13.0 Å². The minimum Gasteiger partial charge on any atom is -0.344 e. The van der Waals surface area contributed by atoms with Gasteiger partial charge in [-0.3, -0.25) is 33.7 Å². The summed E-state index contributed by atoms with van der Waals surface area (Å²) in [7, 11) is 1.64. The number of carbonyl (C=O) groups excluding carboxylic acids is 4. The fraction of sp³-hybridized carbons (Fsp3) is 0.472. The first-order valence-electron chi connectivity index (χ1n) is 16.9. The first-order valence-corrected chi connectivity index (χ1v) is 16.9. The standard InChI is InChI=1S/C36H45F2N7O4/c1-3-31(47)41-30(35(49)44-21-19-43(20-22-44)24-27-7-5-4-6-8-27)23-26-9-11-29(12-10-26)40-34(48)33(28-13-16-36(37,38)17-14-28)45(25-46)32-15-18-39-42(32)2/h4-12,15,18,25,28,30,33H,3,13-14,16-17,19-24H2,1-2H3,(H,40,48)(H,41,47)/t30-,33+/m1/s1. The molecule has 0 bridgehead atoms. The highest BCUT2D eigenvalue weighted by atomic mass is 19.3. The third kappa shape index (κ3) is 9.28. The zero-order chi connectivity index (χ0) is 35.0. The number of aromatic nitrogens is 2. The van der Waals surface area contributed by atoms with Crippen LogP contribution in [0.4, 0.5) is 20.3 Å². The van der Waals surface area contributed by atoms with Crippen molar-refractivity contribution in [1.29, 1.82) is 0 Å². The van der Waals surface area contributed by atoms with Crippen LogP contribution in [0.2, 0.25) is 0 Å². The molecule has 4 amide bonds.